The van der Waals surface area contributed by atoms with Crippen LogP contribution in [0.4, 0.5) is 0 Å². The Hall–Kier alpha value is -0.620. The molecule has 0 bridgehead atoms. The van der Waals surface area contributed by atoms with E-state index in [1.807, 2.05) is 0 Å². The minimum absolute atomic E-state index is 0.00498. The van der Waals surface area contributed by atoms with Gasteiger partial charge in [0.25, 0.3) is 0 Å². The van der Waals surface area contributed by atoms with Crippen LogP contribution in [0, 0.1) is 5.92 Å². The van der Waals surface area contributed by atoms with Crippen LogP contribution in [0.2, 0.25) is 5.02 Å². The van der Waals surface area contributed by atoms with E-state index in [0.29, 0.717) is 17.5 Å². The first kappa shape index (κ1) is 17.7. The summed E-state index contributed by atoms with van der Waals surface area (Å²) in [6, 6.07) is 7.20. The molecule has 1 aromatic rings. The van der Waals surface area contributed by atoms with Crippen LogP contribution in [-0.2, 0) is 15.8 Å². The van der Waals surface area contributed by atoms with Gasteiger partial charge in [-0.2, -0.15) is 0 Å². The van der Waals surface area contributed by atoms with Gasteiger partial charge in [0.2, 0.25) is 10.0 Å². The van der Waals surface area contributed by atoms with E-state index in [1.54, 1.807) is 24.3 Å². The fourth-order valence-electron chi connectivity index (χ4n) is 2.92. The molecule has 1 aliphatic rings. The minimum atomic E-state index is -3.33. The number of halogens is 1. The fraction of sp³-hybridized carbons (Fsp3) is 0.625. The third-order valence-electron chi connectivity index (χ3n) is 4.16. The van der Waals surface area contributed by atoms with Gasteiger partial charge in [-0.05, 0) is 49.5 Å². The van der Waals surface area contributed by atoms with Gasteiger partial charge in [0.15, 0.2) is 0 Å². The summed E-state index contributed by atoms with van der Waals surface area (Å²) in [6.07, 6.45) is 2.42. The zero-order chi connectivity index (χ0) is 16.2. The maximum atomic E-state index is 12.3. The normalized spacial score (nSPS) is 18.0. The van der Waals surface area contributed by atoms with Crippen LogP contribution in [0.15, 0.2) is 24.3 Å². The van der Waals surface area contributed by atoms with Gasteiger partial charge in [0, 0.05) is 17.6 Å². The van der Waals surface area contributed by atoms with Crippen molar-refractivity contribution in [2.75, 3.05) is 19.6 Å². The number of hydrogen-bond donors (Lipinski definition) is 1. The van der Waals surface area contributed by atoms with E-state index >= 15 is 0 Å². The van der Waals surface area contributed by atoms with Crippen molar-refractivity contribution in [2.24, 2.45) is 5.92 Å². The van der Waals surface area contributed by atoms with Crippen LogP contribution in [0.1, 0.15) is 32.3 Å². The largest absolute Gasteiger partial charge is 0.299 e. The number of hydrogen-bond acceptors (Lipinski definition) is 3. The molecule has 1 aromatic carbocycles. The third kappa shape index (κ3) is 5.23. The van der Waals surface area contributed by atoms with Crippen LogP contribution < -0.4 is 4.72 Å². The Morgan fingerprint density at radius 1 is 1.18 bits per heavy atom. The summed E-state index contributed by atoms with van der Waals surface area (Å²) in [5.41, 5.74) is 0.749. The van der Waals surface area contributed by atoms with E-state index in [4.69, 9.17) is 11.6 Å². The van der Waals surface area contributed by atoms with Gasteiger partial charge in [-0.1, -0.05) is 37.6 Å². The molecule has 1 unspecified atom stereocenters. The predicted molar refractivity (Wildman–Crippen MR) is 91.5 cm³/mol. The molecule has 124 valence electrons. The summed E-state index contributed by atoms with van der Waals surface area (Å²) in [7, 11) is -3.33. The zero-order valence-corrected chi connectivity index (χ0v) is 14.8. The molecule has 4 nitrogen and oxygen atoms in total. The lowest BCUT2D eigenvalue weighted by Gasteiger charge is -2.30. The fourth-order valence-corrected chi connectivity index (χ4v) is 4.21. The van der Waals surface area contributed by atoms with Crippen molar-refractivity contribution in [1.82, 2.24) is 9.62 Å². The number of sulfonamides is 1. The SMILES string of the molecule is CC(C)C(CNS(=O)(=O)Cc1ccc(Cl)cc1)N1CCCC1. The molecular weight excluding hydrogens is 320 g/mol. The van der Waals surface area contributed by atoms with E-state index in [0.717, 1.165) is 18.7 Å². The van der Waals surface area contributed by atoms with Crippen LogP contribution in [0.5, 0.6) is 0 Å². The van der Waals surface area contributed by atoms with Gasteiger partial charge in [0.1, 0.15) is 0 Å². The maximum Gasteiger partial charge on any atom is 0.215 e. The Kier molecular flexibility index (Phi) is 6.26. The summed E-state index contributed by atoms with van der Waals surface area (Å²) >= 11 is 5.82. The van der Waals surface area contributed by atoms with E-state index in [9.17, 15) is 8.42 Å². The van der Waals surface area contributed by atoms with Crippen molar-refractivity contribution in [3.63, 3.8) is 0 Å². The monoisotopic (exact) mass is 344 g/mol. The molecule has 0 saturated carbocycles. The Morgan fingerprint density at radius 2 is 1.77 bits per heavy atom. The Morgan fingerprint density at radius 3 is 2.32 bits per heavy atom. The predicted octanol–water partition coefficient (Wildman–Crippen LogP) is 2.88. The molecule has 1 heterocycles. The summed E-state index contributed by atoms with van der Waals surface area (Å²) in [4.78, 5) is 2.40. The van der Waals surface area contributed by atoms with E-state index in [1.165, 1.54) is 12.8 Å². The maximum absolute atomic E-state index is 12.3. The summed E-state index contributed by atoms with van der Waals surface area (Å²) in [5.74, 6) is 0.422. The highest BCUT2D eigenvalue weighted by Gasteiger charge is 2.26. The first-order valence-electron chi connectivity index (χ1n) is 7.83. The number of nitrogens with zero attached hydrogens (tertiary/aromatic N) is 1. The topological polar surface area (TPSA) is 49.4 Å². The average Bonchev–Trinajstić information content (AvgIpc) is 2.95. The van der Waals surface area contributed by atoms with Gasteiger partial charge in [-0.3, -0.25) is 4.90 Å². The van der Waals surface area contributed by atoms with Gasteiger partial charge in [0.05, 0.1) is 5.75 Å². The lowest BCUT2D eigenvalue weighted by atomic mass is 10.0. The summed E-state index contributed by atoms with van der Waals surface area (Å²) in [6.45, 7) is 6.92. The van der Waals surface area contributed by atoms with Crippen LogP contribution in [0.25, 0.3) is 0 Å². The Bertz CT molecular complexity index is 566. The highest BCUT2D eigenvalue weighted by Crippen LogP contribution is 2.18. The average molecular weight is 345 g/mol. The van der Waals surface area contributed by atoms with E-state index < -0.39 is 10.0 Å². The molecule has 1 atom stereocenters. The number of benzene rings is 1. The Labute approximate surface area is 138 Å². The molecule has 0 amide bonds. The quantitative estimate of drug-likeness (QED) is 0.827. The smallest absolute Gasteiger partial charge is 0.215 e. The van der Waals surface area contributed by atoms with Crippen molar-refractivity contribution in [1.29, 1.82) is 0 Å². The van der Waals surface area contributed by atoms with Gasteiger partial charge in [-0.25, -0.2) is 13.1 Å². The van der Waals surface area contributed by atoms with Crippen molar-refractivity contribution < 1.29 is 8.42 Å². The first-order valence-corrected chi connectivity index (χ1v) is 9.86. The minimum Gasteiger partial charge on any atom is -0.299 e. The molecule has 0 spiro atoms. The molecule has 6 heteroatoms. The van der Waals surface area contributed by atoms with Crippen molar-refractivity contribution >= 4 is 21.6 Å². The highest BCUT2D eigenvalue weighted by molar-refractivity contribution is 7.88. The van der Waals surface area contributed by atoms with E-state index in [-0.39, 0.29) is 11.8 Å². The highest BCUT2D eigenvalue weighted by atomic mass is 35.5. The molecule has 1 aliphatic heterocycles. The molecule has 2 rings (SSSR count). The van der Waals surface area contributed by atoms with Crippen LogP contribution >= 0.6 is 11.6 Å². The lowest BCUT2D eigenvalue weighted by Crippen LogP contribution is -2.45. The molecule has 0 aliphatic carbocycles. The van der Waals surface area contributed by atoms with Crippen LogP contribution in [-0.4, -0.2) is 39.0 Å². The summed E-state index contributed by atoms with van der Waals surface area (Å²) < 4.78 is 27.3. The summed E-state index contributed by atoms with van der Waals surface area (Å²) in [5, 5.41) is 0.614. The second kappa shape index (κ2) is 7.77. The molecule has 0 aromatic heterocycles. The number of likely N-dealkylation sites (tertiary alicyclic amines) is 1. The second-order valence-corrected chi connectivity index (χ2v) is 8.53. The number of rotatable bonds is 7. The molecule has 22 heavy (non-hydrogen) atoms. The molecule has 0 radical (unpaired) electrons. The number of nitrogens with one attached hydrogen (secondary N) is 1. The molecular formula is C16H25ClN2O2S. The second-order valence-electron chi connectivity index (χ2n) is 6.29. The molecule has 1 N–H and O–H groups in total. The van der Waals surface area contributed by atoms with Crippen molar-refractivity contribution in [2.45, 2.75) is 38.5 Å². The Balaban J connectivity index is 1.94. The van der Waals surface area contributed by atoms with Crippen LogP contribution in [0.3, 0.4) is 0 Å². The first-order chi connectivity index (χ1) is 10.4. The van der Waals surface area contributed by atoms with Gasteiger partial charge < -0.3 is 0 Å². The van der Waals surface area contributed by atoms with E-state index in [2.05, 4.69) is 23.5 Å². The van der Waals surface area contributed by atoms with Gasteiger partial charge in [-0.15, -0.1) is 0 Å². The van der Waals surface area contributed by atoms with Gasteiger partial charge >= 0.3 is 0 Å². The molecule has 1 saturated heterocycles. The van der Waals surface area contributed by atoms with Crippen molar-refractivity contribution in [3.05, 3.63) is 34.9 Å². The third-order valence-corrected chi connectivity index (χ3v) is 5.73. The van der Waals surface area contributed by atoms with Crippen molar-refractivity contribution in [3.8, 4) is 0 Å². The molecule has 1 fully saturated rings. The standard InChI is InChI=1S/C16H25ClN2O2S/c1-13(2)16(19-9-3-4-10-19)11-18-22(20,21)12-14-5-7-15(17)8-6-14/h5-8,13,16,18H,3-4,9-12H2,1-2H3. The zero-order valence-electron chi connectivity index (χ0n) is 13.3. The lowest BCUT2D eigenvalue weighted by molar-refractivity contribution is 0.193.